The Bertz CT molecular complexity index is 170. The molecule has 0 radical (unpaired) electrons. The molecule has 4 heteroatoms. The molecule has 1 saturated heterocycles. The molecule has 1 rings (SSSR count). The van der Waals surface area contributed by atoms with Gasteiger partial charge in [-0.1, -0.05) is 13.3 Å². The molecule has 1 amide bonds. The molecule has 76 valence electrons. The second-order valence-corrected chi connectivity index (χ2v) is 3.75. The van der Waals surface area contributed by atoms with Gasteiger partial charge in [0.15, 0.2) is 0 Å². The van der Waals surface area contributed by atoms with Gasteiger partial charge in [0, 0.05) is 0 Å². The molecule has 0 aromatic heterocycles. The lowest BCUT2D eigenvalue weighted by Gasteiger charge is -2.35. The molecule has 0 aliphatic carbocycles. The molecule has 0 aromatic carbocycles. The van der Waals surface area contributed by atoms with Gasteiger partial charge >= 0.3 is 0 Å². The molecule has 1 fully saturated rings. The van der Waals surface area contributed by atoms with E-state index >= 15 is 0 Å². The number of piperidine rings is 1. The third-order valence-corrected chi connectivity index (χ3v) is 2.90. The van der Waals surface area contributed by atoms with Crippen LogP contribution in [0.4, 0.5) is 0 Å². The Morgan fingerprint density at radius 1 is 1.54 bits per heavy atom. The Kier molecular flexibility index (Phi) is 3.69. The Balaban J connectivity index is 2.66. The van der Waals surface area contributed by atoms with E-state index in [0.29, 0.717) is 0 Å². The summed E-state index contributed by atoms with van der Waals surface area (Å²) in [6, 6.07) is 0. The zero-order chi connectivity index (χ0) is 9.73. The van der Waals surface area contributed by atoms with Crippen LogP contribution in [0.1, 0.15) is 32.6 Å². The van der Waals surface area contributed by atoms with E-state index in [9.17, 15) is 4.79 Å². The van der Waals surface area contributed by atoms with Gasteiger partial charge in [-0.2, -0.15) is 0 Å². The van der Waals surface area contributed by atoms with Crippen molar-refractivity contribution >= 4 is 5.91 Å². The van der Waals surface area contributed by atoms with Crippen molar-refractivity contribution in [3.05, 3.63) is 0 Å². The lowest BCUT2D eigenvalue weighted by atomic mass is 9.75. The Labute approximate surface area is 79.2 Å². The maximum absolute atomic E-state index is 11.6. The minimum Gasteiger partial charge on any atom is -0.317 e. The number of nitrogens with one attached hydrogen (secondary N) is 2. The molecule has 1 heterocycles. The fourth-order valence-electron chi connectivity index (χ4n) is 2.13. The summed E-state index contributed by atoms with van der Waals surface area (Å²) in [6.07, 6.45) is 3.79. The van der Waals surface area contributed by atoms with Crippen LogP contribution in [0.2, 0.25) is 0 Å². The maximum Gasteiger partial charge on any atom is 0.240 e. The standard InChI is InChI=1S/C9H19N3O/c1-2-3-9(8(13)12-10)4-6-11-7-5-9/h11H,2-7,10H2,1H3,(H,12,13). The van der Waals surface area contributed by atoms with Crippen molar-refractivity contribution in [3.63, 3.8) is 0 Å². The van der Waals surface area contributed by atoms with Crippen molar-refractivity contribution in [2.75, 3.05) is 13.1 Å². The molecule has 0 unspecified atom stereocenters. The summed E-state index contributed by atoms with van der Waals surface area (Å²) in [4.78, 5) is 11.6. The smallest absolute Gasteiger partial charge is 0.240 e. The molecule has 0 spiro atoms. The molecule has 4 N–H and O–H groups in total. The highest BCUT2D eigenvalue weighted by Crippen LogP contribution is 2.33. The quantitative estimate of drug-likeness (QED) is 0.333. The summed E-state index contributed by atoms with van der Waals surface area (Å²) < 4.78 is 0. The van der Waals surface area contributed by atoms with E-state index in [4.69, 9.17) is 5.84 Å². The van der Waals surface area contributed by atoms with Crippen LogP contribution in [0.3, 0.4) is 0 Å². The van der Waals surface area contributed by atoms with Crippen molar-refractivity contribution in [1.82, 2.24) is 10.7 Å². The number of hydrogen-bond acceptors (Lipinski definition) is 3. The molecule has 0 bridgehead atoms. The molecule has 13 heavy (non-hydrogen) atoms. The Morgan fingerprint density at radius 2 is 2.15 bits per heavy atom. The van der Waals surface area contributed by atoms with Gasteiger partial charge in [0.1, 0.15) is 0 Å². The van der Waals surface area contributed by atoms with E-state index in [1.807, 2.05) is 0 Å². The van der Waals surface area contributed by atoms with E-state index in [-0.39, 0.29) is 11.3 Å². The number of amides is 1. The number of rotatable bonds is 3. The largest absolute Gasteiger partial charge is 0.317 e. The predicted octanol–water partition coefficient (Wildman–Crippen LogP) is 0.146. The van der Waals surface area contributed by atoms with Gasteiger partial charge in [0.25, 0.3) is 0 Å². The fourth-order valence-corrected chi connectivity index (χ4v) is 2.13. The van der Waals surface area contributed by atoms with Crippen molar-refractivity contribution in [3.8, 4) is 0 Å². The summed E-state index contributed by atoms with van der Waals surface area (Å²) in [5.41, 5.74) is 2.09. The minimum atomic E-state index is -0.200. The lowest BCUT2D eigenvalue weighted by Crippen LogP contribution is -2.49. The first kappa shape index (κ1) is 10.5. The van der Waals surface area contributed by atoms with E-state index in [2.05, 4.69) is 17.7 Å². The third kappa shape index (κ3) is 2.19. The average molecular weight is 185 g/mol. The number of carbonyl (C=O) groups is 1. The van der Waals surface area contributed by atoms with E-state index in [1.165, 1.54) is 0 Å². The average Bonchev–Trinajstić information content (AvgIpc) is 2.18. The monoisotopic (exact) mass is 185 g/mol. The predicted molar refractivity (Wildman–Crippen MR) is 51.8 cm³/mol. The molecule has 1 aliphatic heterocycles. The lowest BCUT2D eigenvalue weighted by molar-refractivity contribution is -0.133. The first-order valence-corrected chi connectivity index (χ1v) is 4.97. The molecule has 0 atom stereocenters. The third-order valence-electron chi connectivity index (χ3n) is 2.90. The molecule has 0 aromatic rings. The van der Waals surface area contributed by atoms with Crippen LogP contribution in [-0.4, -0.2) is 19.0 Å². The first-order valence-electron chi connectivity index (χ1n) is 4.97. The van der Waals surface area contributed by atoms with Crippen LogP contribution in [0.25, 0.3) is 0 Å². The van der Waals surface area contributed by atoms with Crippen molar-refractivity contribution in [2.45, 2.75) is 32.6 Å². The summed E-state index contributed by atoms with van der Waals surface area (Å²) >= 11 is 0. The SMILES string of the molecule is CCCC1(C(=O)NN)CCNCC1. The zero-order valence-corrected chi connectivity index (χ0v) is 8.23. The van der Waals surface area contributed by atoms with Gasteiger partial charge in [-0.3, -0.25) is 10.2 Å². The molecule has 4 nitrogen and oxygen atoms in total. The summed E-state index contributed by atoms with van der Waals surface area (Å²) in [5, 5.41) is 3.26. The van der Waals surface area contributed by atoms with Gasteiger partial charge in [-0.25, -0.2) is 5.84 Å². The summed E-state index contributed by atoms with van der Waals surface area (Å²) in [7, 11) is 0. The van der Waals surface area contributed by atoms with Gasteiger partial charge in [0.2, 0.25) is 5.91 Å². The first-order chi connectivity index (χ1) is 6.25. The maximum atomic E-state index is 11.6. The van der Waals surface area contributed by atoms with Crippen LogP contribution in [0.15, 0.2) is 0 Å². The molecular formula is C9H19N3O. The second kappa shape index (κ2) is 4.58. The highest BCUT2D eigenvalue weighted by molar-refractivity contribution is 5.82. The van der Waals surface area contributed by atoms with E-state index < -0.39 is 0 Å². The second-order valence-electron chi connectivity index (χ2n) is 3.75. The van der Waals surface area contributed by atoms with Crippen LogP contribution in [0, 0.1) is 5.41 Å². The van der Waals surface area contributed by atoms with Crippen molar-refractivity contribution < 1.29 is 4.79 Å². The van der Waals surface area contributed by atoms with E-state index in [0.717, 1.165) is 38.8 Å². The highest BCUT2D eigenvalue weighted by Gasteiger charge is 2.37. The highest BCUT2D eigenvalue weighted by atomic mass is 16.2. The van der Waals surface area contributed by atoms with Gasteiger partial charge in [-0.15, -0.1) is 0 Å². The number of nitrogens with two attached hydrogens (primary N) is 1. The normalized spacial score (nSPS) is 21.1. The van der Waals surface area contributed by atoms with Crippen LogP contribution < -0.4 is 16.6 Å². The van der Waals surface area contributed by atoms with Crippen LogP contribution >= 0.6 is 0 Å². The molecular weight excluding hydrogens is 166 g/mol. The summed E-state index contributed by atoms with van der Waals surface area (Å²) in [5.74, 6) is 5.21. The Hall–Kier alpha value is -0.610. The fraction of sp³-hybridized carbons (Fsp3) is 0.889. The van der Waals surface area contributed by atoms with Gasteiger partial charge in [0.05, 0.1) is 5.41 Å². The van der Waals surface area contributed by atoms with Gasteiger partial charge in [-0.05, 0) is 32.4 Å². The van der Waals surface area contributed by atoms with Crippen LogP contribution in [0.5, 0.6) is 0 Å². The topological polar surface area (TPSA) is 67.2 Å². The number of hydrogen-bond donors (Lipinski definition) is 3. The van der Waals surface area contributed by atoms with E-state index in [1.54, 1.807) is 0 Å². The Morgan fingerprint density at radius 3 is 2.62 bits per heavy atom. The molecule has 0 saturated carbocycles. The van der Waals surface area contributed by atoms with Gasteiger partial charge < -0.3 is 5.32 Å². The minimum absolute atomic E-state index is 0.0100. The van der Waals surface area contributed by atoms with Crippen molar-refractivity contribution in [1.29, 1.82) is 0 Å². The number of carbonyl (C=O) groups excluding carboxylic acids is 1. The number of hydrazine groups is 1. The zero-order valence-electron chi connectivity index (χ0n) is 8.23. The summed E-state index contributed by atoms with van der Waals surface area (Å²) in [6.45, 7) is 3.95. The van der Waals surface area contributed by atoms with Crippen LogP contribution in [-0.2, 0) is 4.79 Å². The van der Waals surface area contributed by atoms with Crippen molar-refractivity contribution in [2.24, 2.45) is 11.3 Å². The molecule has 1 aliphatic rings.